The van der Waals surface area contributed by atoms with Crippen LogP contribution in [0.5, 0.6) is 0 Å². The van der Waals surface area contributed by atoms with Gasteiger partial charge in [-0.3, -0.25) is 4.90 Å². The van der Waals surface area contributed by atoms with Crippen LogP contribution in [0.2, 0.25) is 0 Å². The van der Waals surface area contributed by atoms with Gasteiger partial charge in [-0.1, -0.05) is 27.7 Å². The first-order valence-electron chi connectivity index (χ1n) is 7.48. The molecule has 108 valence electrons. The van der Waals surface area contributed by atoms with Crippen LogP contribution in [0.3, 0.4) is 0 Å². The minimum Gasteiger partial charge on any atom is -0.464 e. The van der Waals surface area contributed by atoms with Crippen molar-refractivity contribution in [2.45, 2.75) is 46.6 Å². The summed E-state index contributed by atoms with van der Waals surface area (Å²) in [5.41, 5.74) is 6.37. The van der Waals surface area contributed by atoms with Gasteiger partial charge >= 0.3 is 0 Å². The molecule has 3 heteroatoms. The van der Waals surface area contributed by atoms with Crippen LogP contribution < -0.4 is 5.73 Å². The molecule has 1 saturated heterocycles. The van der Waals surface area contributed by atoms with E-state index in [-0.39, 0.29) is 6.04 Å². The second-order valence-electron chi connectivity index (χ2n) is 6.76. The van der Waals surface area contributed by atoms with Crippen molar-refractivity contribution in [1.29, 1.82) is 0 Å². The Kier molecular flexibility index (Phi) is 4.36. The fraction of sp³-hybridized carbons (Fsp3) is 0.750. The van der Waals surface area contributed by atoms with Crippen molar-refractivity contribution in [2.24, 2.45) is 17.1 Å². The Labute approximate surface area is 117 Å². The van der Waals surface area contributed by atoms with E-state index in [9.17, 15) is 0 Å². The van der Waals surface area contributed by atoms with Crippen LogP contribution in [-0.4, -0.2) is 24.5 Å². The first kappa shape index (κ1) is 14.6. The molecule has 0 aromatic carbocycles. The van der Waals surface area contributed by atoms with Gasteiger partial charge in [-0.2, -0.15) is 0 Å². The summed E-state index contributed by atoms with van der Waals surface area (Å²) >= 11 is 0. The zero-order chi connectivity index (χ0) is 14.0. The maximum Gasteiger partial charge on any atom is 0.122 e. The highest BCUT2D eigenvalue weighted by molar-refractivity contribution is 5.12. The van der Waals surface area contributed by atoms with E-state index in [2.05, 4.69) is 44.7 Å². The highest BCUT2D eigenvalue weighted by atomic mass is 16.3. The van der Waals surface area contributed by atoms with Crippen molar-refractivity contribution in [3.05, 3.63) is 23.7 Å². The molecule has 0 aliphatic carbocycles. The minimum atomic E-state index is 0.243. The minimum absolute atomic E-state index is 0.243. The molecular formula is C16H28N2O. The second kappa shape index (κ2) is 5.68. The highest BCUT2D eigenvalue weighted by Crippen LogP contribution is 2.37. The zero-order valence-corrected chi connectivity index (χ0v) is 12.8. The summed E-state index contributed by atoms with van der Waals surface area (Å²) in [5.74, 6) is 2.84. The van der Waals surface area contributed by atoms with E-state index in [1.807, 2.05) is 0 Å². The molecule has 2 heterocycles. The number of likely N-dealkylation sites (tertiary alicyclic amines) is 1. The third-order valence-corrected chi connectivity index (χ3v) is 4.47. The smallest absolute Gasteiger partial charge is 0.122 e. The fourth-order valence-electron chi connectivity index (χ4n) is 2.99. The lowest BCUT2D eigenvalue weighted by atomic mass is 9.80. The topological polar surface area (TPSA) is 42.4 Å². The Hall–Kier alpha value is -0.800. The van der Waals surface area contributed by atoms with Crippen LogP contribution in [0.25, 0.3) is 0 Å². The third kappa shape index (κ3) is 3.21. The van der Waals surface area contributed by atoms with Crippen molar-refractivity contribution in [3.63, 3.8) is 0 Å². The van der Waals surface area contributed by atoms with Gasteiger partial charge in [0.25, 0.3) is 0 Å². The summed E-state index contributed by atoms with van der Waals surface area (Å²) in [6.07, 6.45) is 2.21. The Morgan fingerprint density at radius 2 is 2.16 bits per heavy atom. The van der Waals surface area contributed by atoms with Gasteiger partial charge in [-0.15, -0.1) is 0 Å². The van der Waals surface area contributed by atoms with Gasteiger partial charge in [0.05, 0.1) is 6.04 Å². The molecule has 3 nitrogen and oxygen atoms in total. The molecule has 1 fully saturated rings. The molecule has 0 amide bonds. The van der Waals surface area contributed by atoms with Gasteiger partial charge in [-0.05, 0) is 36.4 Å². The van der Waals surface area contributed by atoms with Crippen LogP contribution in [0, 0.1) is 11.3 Å². The lowest BCUT2D eigenvalue weighted by Crippen LogP contribution is -2.33. The summed E-state index contributed by atoms with van der Waals surface area (Å²) in [5, 5.41) is 0. The lowest BCUT2D eigenvalue weighted by molar-refractivity contribution is 0.181. The molecule has 0 saturated carbocycles. The summed E-state index contributed by atoms with van der Waals surface area (Å²) in [4.78, 5) is 2.49. The van der Waals surface area contributed by atoms with Crippen molar-refractivity contribution in [2.75, 3.05) is 19.6 Å². The average Bonchev–Trinajstić information content (AvgIpc) is 2.98. The van der Waals surface area contributed by atoms with Crippen LogP contribution in [-0.2, 0) is 6.42 Å². The summed E-state index contributed by atoms with van der Waals surface area (Å²) in [7, 11) is 0. The Morgan fingerprint density at radius 3 is 2.63 bits per heavy atom. The normalized spacial score (nSPS) is 22.9. The van der Waals surface area contributed by atoms with Crippen LogP contribution in [0.15, 0.2) is 16.5 Å². The van der Waals surface area contributed by atoms with E-state index >= 15 is 0 Å². The van der Waals surface area contributed by atoms with Crippen molar-refractivity contribution in [1.82, 2.24) is 4.90 Å². The second-order valence-corrected chi connectivity index (χ2v) is 6.76. The maximum atomic E-state index is 5.99. The predicted molar refractivity (Wildman–Crippen MR) is 79.0 cm³/mol. The van der Waals surface area contributed by atoms with E-state index in [1.54, 1.807) is 0 Å². The summed E-state index contributed by atoms with van der Waals surface area (Å²) in [6, 6.07) is 4.42. The Bertz CT molecular complexity index is 405. The molecule has 0 radical (unpaired) electrons. The fourth-order valence-corrected chi connectivity index (χ4v) is 2.99. The van der Waals surface area contributed by atoms with Crippen LogP contribution >= 0.6 is 0 Å². The van der Waals surface area contributed by atoms with E-state index < -0.39 is 0 Å². The molecule has 1 aliphatic heterocycles. The van der Waals surface area contributed by atoms with Crippen LogP contribution in [0.4, 0.5) is 0 Å². The first-order valence-corrected chi connectivity index (χ1v) is 7.48. The predicted octanol–water partition coefficient (Wildman–Crippen LogP) is 3.21. The van der Waals surface area contributed by atoms with Crippen molar-refractivity contribution in [3.8, 4) is 0 Å². The van der Waals surface area contributed by atoms with E-state index in [4.69, 9.17) is 10.2 Å². The zero-order valence-electron chi connectivity index (χ0n) is 12.8. The number of hydrogen-bond acceptors (Lipinski definition) is 3. The summed E-state index contributed by atoms with van der Waals surface area (Å²) in [6.45, 7) is 12.0. The number of nitrogens with zero attached hydrogens (tertiary/aromatic N) is 1. The van der Waals surface area contributed by atoms with Gasteiger partial charge in [0.1, 0.15) is 11.5 Å². The highest BCUT2D eigenvalue weighted by Gasteiger charge is 2.35. The molecule has 0 spiro atoms. The molecule has 0 bridgehead atoms. The monoisotopic (exact) mass is 264 g/mol. The molecule has 2 N–H and O–H groups in total. The van der Waals surface area contributed by atoms with Crippen molar-refractivity contribution >= 4 is 0 Å². The van der Waals surface area contributed by atoms with Gasteiger partial charge in [0.2, 0.25) is 0 Å². The molecule has 2 rings (SSSR count). The molecule has 2 unspecified atom stereocenters. The molecule has 1 aromatic heterocycles. The molecule has 19 heavy (non-hydrogen) atoms. The van der Waals surface area contributed by atoms with E-state index in [0.29, 0.717) is 12.0 Å². The van der Waals surface area contributed by atoms with Gasteiger partial charge in [0.15, 0.2) is 0 Å². The SMILES string of the molecule is CCc1ccc(C(CN)N2CCC(C(C)(C)C)C2)o1. The molecule has 1 aliphatic rings. The van der Waals surface area contributed by atoms with E-state index in [0.717, 1.165) is 36.9 Å². The number of nitrogens with two attached hydrogens (primary N) is 1. The molecular weight excluding hydrogens is 236 g/mol. The number of hydrogen-bond donors (Lipinski definition) is 1. The summed E-state index contributed by atoms with van der Waals surface area (Å²) < 4.78 is 5.90. The number of aryl methyl sites for hydroxylation is 1. The molecule has 1 aromatic rings. The quantitative estimate of drug-likeness (QED) is 0.908. The lowest BCUT2D eigenvalue weighted by Gasteiger charge is -2.29. The van der Waals surface area contributed by atoms with Crippen LogP contribution in [0.1, 0.15) is 51.7 Å². The largest absolute Gasteiger partial charge is 0.464 e. The standard InChI is InChI=1S/C16H28N2O/c1-5-13-6-7-15(19-13)14(10-17)18-9-8-12(11-18)16(2,3)4/h6-7,12,14H,5,8-11,17H2,1-4H3. The van der Waals surface area contributed by atoms with E-state index in [1.165, 1.54) is 6.42 Å². The van der Waals surface area contributed by atoms with Gasteiger partial charge in [-0.25, -0.2) is 0 Å². The maximum absolute atomic E-state index is 5.99. The number of rotatable bonds is 4. The number of furan rings is 1. The van der Waals surface area contributed by atoms with Crippen molar-refractivity contribution < 1.29 is 4.42 Å². The molecule has 2 atom stereocenters. The van der Waals surface area contributed by atoms with Gasteiger partial charge < -0.3 is 10.2 Å². The van der Waals surface area contributed by atoms with Gasteiger partial charge in [0, 0.05) is 19.5 Å². The Morgan fingerprint density at radius 1 is 1.42 bits per heavy atom. The average molecular weight is 264 g/mol. The first-order chi connectivity index (χ1) is 8.95. The third-order valence-electron chi connectivity index (χ3n) is 4.47. The Balaban J connectivity index is 2.07.